The number of hydrogen-bond donors (Lipinski definition) is 1. The van der Waals surface area contributed by atoms with Crippen LogP contribution in [-0.2, 0) is 6.42 Å². The Hall–Kier alpha value is -0.540. The molecule has 0 spiro atoms. The lowest BCUT2D eigenvalue weighted by Gasteiger charge is -2.34. The van der Waals surface area contributed by atoms with Gasteiger partial charge in [0.1, 0.15) is 0 Å². The summed E-state index contributed by atoms with van der Waals surface area (Å²) in [5.41, 5.74) is 9.02. The second-order valence-corrected chi connectivity index (χ2v) is 7.17. The first-order valence-corrected chi connectivity index (χ1v) is 9.25. The SMILES string of the molecule is CCC(N)Cc1ccc(Br)cc1N1CCCCCC1CC. The molecule has 2 rings (SSSR count). The predicted octanol–water partition coefficient (Wildman–Crippen LogP) is 4.89. The molecule has 3 heteroatoms. The minimum atomic E-state index is 0.261. The second-order valence-electron chi connectivity index (χ2n) is 6.25. The summed E-state index contributed by atoms with van der Waals surface area (Å²) < 4.78 is 1.17. The van der Waals surface area contributed by atoms with Crippen molar-refractivity contribution in [3.63, 3.8) is 0 Å². The molecule has 0 aromatic heterocycles. The molecule has 1 fully saturated rings. The Balaban J connectivity index is 2.32. The highest BCUT2D eigenvalue weighted by Gasteiger charge is 2.22. The van der Waals surface area contributed by atoms with Gasteiger partial charge >= 0.3 is 0 Å². The van der Waals surface area contributed by atoms with E-state index >= 15 is 0 Å². The summed E-state index contributed by atoms with van der Waals surface area (Å²) in [5.74, 6) is 0. The van der Waals surface area contributed by atoms with Crippen molar-refractivity contribution in [1.82, 2.24) is 0 Å². The molecule has 0 saturated carbocycles. The van der Waals surface area contributed by atoms with Crippen LogP contribution >= 0.6 is 15.9 Å². The number of halogens is 1. The molecule has 1 aromatic carbocycles. The molecular weight excluding hydrogens is 324 g/mol. The lowest BCUT2D eigenvalue weighted by atomic mass is 10.00. The third-order valence-corrected chi connectivity index (χ3v) is 5.20. The number of nitrogens with zero attached hydrogens (tertiary/aromatic N) is 1. The van der Waals surface area contributed by atoms with Gasteiger partial charge in [-0.3, -0.25) is 0 Å². The Kier molecular flexibility index (Phi) is 6.56. The fraction of sp³-hybridized carbons (Fsp3) is 0.667. The van der Waals surface area contributed by atoms with Gasteiger partial charge in [-0.05, 0) is 49.8 Å². The van der Waals surface area contributed by atoms with Crippen LogP contribution in [0.4, 0.5) is 5.69 Å². The van der Waals surface area contributed by atoms with Gasteiger partial charge in [0.15, 0.2) is 0 Å². The Morgan fingerprint density at radius 1 is 1.29 bits per heavy atom. The molecule has 2 atom stereocenters. The van der Waals surface area contributed by atoms with E-state index in [-0.39, 0.29) is 6.04 Å². The Labute approximate surface area is 138 Å². The zero-order valence-electron chi connectivity index (χ0n) is 13.4. The summed E-state index contributed by atoms with van der Waals surface area (Å²) in [4.78, 5) is 2.65. The number of anilines is 1. The zero-order valence-corrected chi connectivity index (χ0v) is 15.0. The average molecular weight is 353 g/mol. The summed E-state index contributed by atoms with van der Waals surface area (Å²) in [5, 5.41) is 0. The molecule has 2 unspecified atom stereocenters. The van der Waals surface area contributed by atoms with Crippen LogP contribution in [-0.4, -0.2) is 18.6 Å². The van der Waals surface area contributed by atoms with Crippen LogP contribution in [0.25, 0.3) is 0 Å². The van der Waals surface area contributed by atoms with Crippen LogP contribution < -0.4 is 10.6 Å². The molecular formula is C18H29BrN2. The van der Waals surface area contributed by atoms with E-state index < -0.39 is 0 Å². The Morgan fingerprint density at radius 2 is 2.10 bits per heavy atom. The van der Waals surface area contributed by atoms with Gasteiger partial charge in [0.25, 0.3) is 0 Å². The van der Waals surface area contributed by atoms with Gasteiger partial charge in [-0.1, -0.05) is 48.7 Å². The van der Waals surface area contributed by atoms with Crippen LogP contribution in [0.2, 0.25) is 0 Å². The highest BCUT2D eigenvalue weighted by molar-refractivity contribution is 9.10. The Bertz CT molecular complexity index is 447. The molecule has 1 aliphatic heterocycles. The van der Waals surface area contributed by atoms with Crippen LogP contribution in [0.3, 0.4) is 0 Å². The van der Waals surface area contributed by atoms with Crippen molar-refractivity contribution in [2.75, 3.05) is 11.4 Å². The Morgan fingerprint density at radius 3 is 2.81 bits per heavy atom. The molecule has 118 valence electrons. The standard InChI is InChI=1S/C18H29BrN2/c1-3-16(20)12-14-9-10-15(19)13-18(14)21-11-7-5-6-8-17(21)4-2/h9-10,13,16-17H,3-8,11-12,20H2,1-2H3. The molecule has 0 aliphatic carbocycles. The van der Waals surface area contributed by atoms with E-state index in [1.54, 1.807) is 0 Å². The quantitative estimate of drug-likeness (QED) is 0.817. The van der Waals surface area contributed by atoms with Crippen molar-refractivity contribution in [1.29, 1.82) is 0 Å². The number of hydrogen-bond acceptors (Lipinski definition) is 2. The number of rotatable bonds is 5. The molecule has 2 N–H and O–H groups in total. The fourth-order valence-electron chi connectivity index (χ4n) is 3.32. The summed E-state index contributed by atoms with van der Waals surface area (Å²) in [7, 11) is 0. The van der Waals surface area contributed by atoms with Crippen molar-refractivity contribution in [2.24, 2.45) is 5.73 Å². The van der Waals surface area contributed by atoms with Crippen molar-refractivity contribution in [3.8, 4) is 0 Å². The van der Waals surface area contributed by atoms with E-state index in [1.165, 1.54) is 54.4 Å². The van der Waals surface area contributed by atoms with E-state index in [0.29, 0.717) is 6.04 Å². The maximum atomic E-state index is 6.21. The minimum absolute atomic E-state index is 0.261. The van der Waals surface area contributed by atoms with Gasteiger partial charge in [0.2, 0.25) is 0 Å². The molecule has 1 aromatic rings. The molecule has 2 nitrogen and oxygen atoms in total. The fourth-order valence-corrected chi connectivity index (χ4v) is 3.67. The third-order valence-electron chi connectivity index (χ3n) is 4.71. The monoisotopic (exact) mass is 352 g/mol. The van der Waals surface area contributed by atoms with Crippen molar-refractivity contribution >= 4 is 21.6 Å². The van der Waals surface area contributed by atoms with E-state index in [4.69, 9.17) is 5.73 Å². The lowest BCUT2D eigenvalue weighted by molar-refractivity contribution is 0.553. The number of benzene rings is 1. The summed E-state index contributed by atoms with van der Waals surface area (Å²) in [6, 6.07) is 7.65. The molecule has 21 heavy (non-hydrogen) atoms. The van der Waals surface area contributed by atoms with Gasteiger partial charge in [0, 0.05) is 28.8 Å². The lowest BCUT2D eigenvalue weighted by Crippen LogP contribution is -2.35. The van der Waals surface area contributed by atoms with Gasteiger partial charge in [0.05, 0.1) is 0 Å². The highest BCUT2D eigenvalue weighted by Crippen LogP contribution is 2.32. The van der Waals surface area contributed by atoms with Gasteiger partial charge in [-0.15, -0.1) is 0 Å². The van der Waals surface area contributed by atoms with E-state index in [1.807, 2.05) is 0 Å². The first-order valence-electron chi connectivity index (χ1n) is 8.46. The van der Waals surface area contributed by atoms with Crippen LogP contribution in [0, 0.1) is 0 Å². The van der Waals surface area contributed by atoms with E-state index in [2.05, 4.69) is 52.9 Å². The molecule has 1 aliphatic rings. The second kappa shape index (κ2) is 8.19. The first kappa shape index (κ1) is 16.8. The minimum Gasteiger partial charge on any atom is -0.368 e. The van der Waals surface area contributed by atoms with Crippen molar-refractivity contribution < 1.29 is 0 Å². The predicted molar refractivity (Wildman–Crippen MR) is 96.0 cm³/mol. The van der Waals surface area contributed by atoms with Crippen LogP contribution in [0.15, 0.2) is 22.7 Å². The maximum Gasteiger partial charge on any atom is 0.0413 e. The van der Waals surface area contributed by atoms with Gasteiger partial charge in [-0.25, -0.2) is 0 Å². The molecule has 1 saturated heterocycles. The molecule has 0 bridgehead atoms. The molecule has 1 heterocycles. The normalized spacial score (nSPS) is 21.1. The number of nitrogens with two attached hydrogens (primary N) is 1. The van der Waals surface area contributed by atoms with Crippen molar-refractivity contribution in [3.05, 3.63) is 28.2 Å². The average Bonchev–Trinajstić information content (AvgIpc) is 2.74. The highest BCUT2D eigenvalue weighted by atomic mass is 79.9. The maximum absolute atomic E-state index is 6.21. The first-order chi connectivity index (χ1) is 10.2. The topological polar surface area (TPSA) is 29.3 Å². The molecule has 0 radical (unpaired) electrons. The summed E-state index contributed by atoms with van der Waals surface area (Å²) in [6.07, 6.45) is 8.60. The smallest absolute Gasteiger partial charge is 0.0413 e. The third kappa shape index (κ3) is 4.46. The summed E-state index contributed by atoms with van der Waals surface area (Å²) >= 11 is 3.65. The molecule has 0 amide bonds. The van der Waals surface area contributed by atoms with E-state index in [0.717, 1.165) is 12.8 Å². The zero-order chi connectivity index (χ0) is 15.2. The summed E-state index contributed by atoms with van der Waals surface area (Å²) in [6.45, 7) is 5.67. The largest absolute Gasteiger partial charge is 0.368 e. The van der Waals surface area contributed by atoms with Crippen molar-refractivity contribution in [2.45, 2.75) is 70.9 Å². The van der Waals surface area contributed by atoms with Crippen LogP contribution in [0.1, 0.15) is 57.9 Å². The van der Waals surface area contributed by atoms with E-state index in [9.17, 15) is 0 Å². The van der Waals surface area contributed by atoms with Gasteiger partial charge < -0.3 is 10.6 Å². The van der Waals surface area contributed by atoms with Gasteiger partial charge in [-0.2, -0.15) is 0 Å². The van der Waals surface area contributed by atoms with Crippen LogP contribution in [0.5, 0.6) is 0 Å².